The first-order valence-corrected chi connectivity index (χ1v) is 12.7. The molecule has 0 fully saturated rings. The summed E-state index contributed by atoms with van der Waals surface area (Å²) in [6.45, 7) is 0. The highest BCUT2D eigenvalue weighted by Gasteiger charge is 2.09. The second kappa shape index (κ2) is 7.80. The maximum atomic E-state index is 4.90. The van der Waals surface area contributed by atoms with E-state index in [1.807, 2.05) is 0 Å². The maximum Gasteiger partial charge on any atom is 0.0999 e. The number of hydrogen-bond donors (Lipinski definition) is 0. The van der Waals surface area contributed by atoms with Gasteiger partial charge in [-0.05, 0) is 108 Å². The van der Waals surface area contributed by atoms with Crippen LogP contribution in [0.5, 0.6) is 0 Å². The molecule has 0 spiro atoms. The molecule has 34 heavy (non-hydrogen) atoms. The van der Waals surface area contributed by atoms with E-state index in [0.29, 0.717) is 0 Å². The van der Waals surface area contributed by atoms with Gasteiger partial charge in [0.05, 0.1) is 32.8 Å². The first kappa shape index (κ1) is 19.5. The molecule has 4 nitrogen and oxygen atoms in total. The molecule has 2 aliphatic rings. The molecule has 5 aromatic rings. The van der Waals surface area contributed by atoms with E-state index in [0.717, 1.165) is 44.8 Å². The Kier molecular flexibility index (Phi) is 4.46. The van der Waals surface area contributed by atoms with Gasteiger partial charge < -0.3 is 9.13 Å². The minimum atomic E-state index is 0.940. The lowest BCUT2D eigenvalue weighted by molar-refractivity contribution is 1.20. The molecular formula is C28H18N4S2. The van der Waals surface area contributed by atoms with E-state index < -0.39 is 0 Å². The number of rotatable bonds is 2. The minimum absolute atomic E-state index is 0.940. The predicted molar refractivity (Wildman–Crippen MR) is 145 cm³/mol. The Balaban J connectivity index is 1.59. The molecular weight excluding hydrogens is 456 g/mol. The van der Waals surface area contributed by atoms with E-state index in [1.54, 1.807) is 22.7 Å². The number of nitrogens with zero attached hydrogens (tertiary/aromatic N) is 4. The van der Waals surface area contributed by atoms with Crippen molar-refractivity contribution in [1.29, 1.82) is 0 Å². The molecule has 162 valence electrons. The summed E-state index contributed by atoms with van der Waals surface area (Å²) in [6.07, 6.45) is 8.31. The van der Waals surface area contributed by atoms with Crippen molar-refractivity contribution in [2.45, 2.75) is 0 Å². The van der Waals surface area contributed by atoms with Crippen LogP contribution in [-0.4, -0.2) is 19.1 Å². The molecule has 0 unspecified atom stereocenters. The van der Waals surface area contributed by atoms with Crippen molar-refractivity contribution in [3.8, 4) is 10.0 Å². The third-order valence-corrected chi connectivity index (χ3v) is 7.59. The molecule has 2 aliphatic heterocycles. The van der Waals surface area contributed by atoms with Crippen LogP contribution in [0.15, 0.2) is 83.6 Å². The third-order valence-electron chi connectivity index (χ3n) is 5.88. The molecule has 0 saturated heterocycles. The molecule has 6 heteroatoms. The minimum Gasteiger partial charge on any atom is -0.302 e. The molecule has 0 saturated carbocycles. The zero-order chi connectivity index (χ0) is 22.5. The molecule has 5 aromatic heterocycles. The van der Waals surface area contributed by atoms with Gasteiger partial charge in [-0.25, -0.2) is 9.97 Å². The smallest absolute Gasteiger partial charge is 0.0999 e. The fraction of sp³-hybridized carbons (Fsp3) is 0. The third kappa shape index (κ3) is 3.36. The van der Waals surface area contributed by atoms with Gasteiger partial charge in [-0.15, -0.1) is 22.7 Å². The first-order valence-electron chi connectivity index (χ1n) is 11.0. The summed E-state index contributed by atoms with van der Waals surface area (Å²) < 4.78 is 4.53. The van der Waals surface area contributed by atoms with Crippen molar-refractivity contribution < 1.29 is 0 Å². The summed E-state index contributed by atoms with van der Waals surface area (Å²) in [5, 5.41) is 6.54. The Morgan fingerprint density at radius 1 is 0.471 bits per heavy atom. The van der Waals surface area contributed by atoms with Crippen LogP contribution in [0.2, 0.25) is 0 Å². The molecule has 0 aromatic carbocycles. The summed E-state index contributed by atoms with van der Waals surface area (Å²) >= 11 is 3.44. The first-order chi connectivity index (χ1) is 16.8. The molecule has 7 heterocycles. The standard InChI is InChI=1S/C28H18N4S2/c1-3-27(33-13-1)31-23-9-10-24(31)16-20-6-8-22(30-20)18-26-12-11-25(32(26)28-4-2-14-34-28)17-21-7-5-19(15-23)29-21/h1-18H. The summed E-state index contributed by atoms with van der Waals surface area (Å²) in [5.41, 5.74) is 8.12. The average molecular weight is 475 g/mol. The van der Waals surface area contributed by atoms with Crippen molar-refractivity contribution >= 4 is 69.0 Å². The molecule has 0 N–H and O–H groups in total. The Morgan fingerprint density at radius 3 is 1.12 bits per heavy atom. The number of hydrogen-bond acceptors (Lipinski definition) is 4. The molecule has 8 bridgehead atoms. The van der Waals surface area contributed by atoms with E-state index in [9.17, 15) is 0 Å². The van der Waals surface area contributed by atoms with Crippen LogP contribution in [0.25, 0.3) is 56.4 Å². The molecule has 0 aliphatic carbocycles. The summed E-state index contributed by atoms with van der Waals surface area (Å²) in [4.78, 5) is 9.80. The van der Waals surface area contributed by atoms with Gasteiger partial charge in [0.15, 0.2) is 0 Å². The van der Waals surface area contributed by atoms with Gasteiger partial charge in [0.1, 0.15) is 0 Å². The number of thiophene rings is 2. The Hall–Kier alpha value is -4.00. The lowest BCUT2D eigenvalue weighted by Gasteiger charge is -2.03. The van der Waals surface area contributed by atoms with Crippen LogP contribution in [0.1, 0.15) is 22.8 Å². The van der Waals surface area contributed by atoms with Crippen molar-refractivity contribution in [2.24, 2.45) is 0 Å². The maximum absolute atomic E-state index is 4.90. The van der Waals surface area contributed by atoms with E-state index in [2.05, 4.69) is 117 Å². The van der Waals surface area contributed by atoms with Crippen LogP contribution in [-0.2, 0) is 0 Å². The van der Waals surface area contributed by atoms with Crippen LogP contribution >= 0.6 is 22.7 Å². The predicted octanol–water partition coefficient (Wildman–Crippen LogP) is 7.70. The summed E-state index contributed by atoms with van der Waals surface area (Å²) in [6, 6.07) is 25.6. The Labute approximate surface area is 204 Å². The normalized spacial score (nSPS) is 12.5. The monoisotopic (exact) mass is 474 g/mol. The topological polar surface area (TPSA) is 35.6 Å². The highest BCUT2D eigenvalue weighted by Crippen LogP contribution is 2.27. The van der Waals surface area contributed by atoms with Crippen LogP contribution in [0.3, 0.4) is 0 Å². The summed E-state index contributed by atoms with van der Waals surface area (Å²) in [5.74, 6) is 0. The summed E-state index contributed by atoms with van der Waals surface area (Å²) in [7, 11) is 0. The highest BCUT2D eigenvalue weighted by atomic mass is 32.1. The van der Waals surface area contributed by atoms with Gasteiger partial charge in [0.2, 0.25) is 0 Å². The lowest BCUT2D eigenvalue weighted by atomic mass is 10.3. The molecule has 0 amide bonds. The molecule has 0 radical (unpaired) electrons. The van der Waals surface area contributed by atoms with Crippen molar-refractivity contribution in [2.75, 3.05) is 0 Å². The molecule has 7 rings (SSSR count). The van der Waals surface area contributed by atoms with E-state index in [1.165, 1.54) is 10.0 Å². The second-order valence-corrected chi connectivity index (χ2v) is 9.96. The molecule has 0 atom stereocenters. The van der Waals surface area contributed by atoms with Crippen LogP contribution in [0, 0.1) is 0 Å². The zero-order valence-electron chi connectivity index (χ0n) is 18.0. The van der Waals surface area contributed by atoms with Gasteiger partial charge in [-0.3, -0.25) is 0 Å². The van der Waals surface area contributed by atoms with Crippen LogP contribution in [0.4, 0.5) is 0 Å². The SMILES string of the molecule is C1=Cc2cc3ccc(cc4nc(cc5ccc(cc1n2)n5-c1cccs1)C=C4)n3-c1cccs1. The lowest BCUT2D eigenvalue weighted by Crippen LogP contribution is -1.90. The van der Waals surface area contributed by atoms with Crippen molar-refractivity contribution in [3.05, 3.63) is 106 Å². The largest absolute Gasteiger partial charge is 0.302 e. The fourth-order valence-electron chi connectivity index (χ4n) is 4.41. The second-order valence-electron chi connectivity index (χ2n) is 8.11. The van der Waals surface area contributed by atoms with Crippen LogP contribution < -0.4 is 0 Å². The number of fused-ring (bicyclic) bond motifs is 8. The number of aromatic nitrogens is 4. The van der Waals surface area contributed by atoms with Crippen molar-refractivity contribution in [3.63, 3.8) is 0 Å². The van der Waals surface area contributed by atoms with Gasteiger partial charge in [-0.2, -0.15) is 0 Å². The van der Waals surface area contributed by atoms with E-state index in [-0.39, 0.29) is 0 Å². The van der Waals surface area contributed by atoms with Gasteiger partial charge in [0.25, 0.3) is 0 Å². The van der Waals surface area contributed by atoms with E-state index >= 15 is 0 Å². The average Bonchev–Trinajstić information content (AvgIpc) is 3.65. The van der Waals surface area contributed by atoms with Crippen molar-refractivity contribution in [1.82, 2.24) is 19.1 Å². The van der Waals surface area contributed by atoms with Gasteiger partial charge in [-0.1, -0.05) is 0 Å². The Morgan fingerprint density at radius 2 is 0.824 bits per heavy atom. The van der Waals surface area contributed by atoms with Gasteiger partial charge >= 0.3 is 0 Å². The fourth-order valence-corrected chi connectivity index (χ4v) is 5.95. The zero-order valence-corrected chi connectivity index (χ0v) is 19.6. The highest BCUT2D eigenvalue weighted by molar-refractivity contribution is 7.12. The van der Waals surface area contributed by atoms with Gasteiger partial charge in [0, 0.05) is 22.1 Å². The quantitative estimate of drug-likeness (QED) is 0.257. The Bertz CT molecular complexity index is 1530. The van der Waals surface area contributed by atoms with E-state index in [4.69, 9.17) is 9.97 Å².